The Kier molecular flexibility index (Phi) is 4.43. The zero-order chi connectivity index (χ0) is 13.8. The van der Waals surface area contributed by atoms with Gasteiger partial charge in [0.1, 0.15) is 0 Å². The molecule has 4 nitrogen and oxygen atoms in total. The Labute approximate surface area is 115 Å². The molecule has 2 rings (SSSR count). The first-order valence-electron chi connectivity index (χ1n) is 6.90. The predicted molar refractivity (Wildman–Crippen MR) is 78.4 cm³/mol. The maximum atomic E-state index is 12.3. The van der Waals surface area contributed by atoms with Gasteiger partial charge in [0, 0.05) is 31.4 Å². The molecule has 0 saturated heterocycles. The molecule has 104 valence electrons. The third kappa shape index (κ3) is 3.26. The monoisotopic (exact) mass is 261 g/mol. The molecule has 1 fully saturated rings. The summed E-state index contributed by atoms with van der Waals surface area (Å²) in [4.78, 5) is 14.3. The van der Waals surface area contributed by atoms with Gasteiger partial charge >= 0.3 is 0 Å². The van der Waals surface area contributed by atoms with E-state index in [0.29, 0.717) is 18.0 Å². The lowest BCUT2D eigenvalue weighted by molar-refractivity contribution is 0.0929. The predicted octanol–water partition coefficient (Wildman–Crippen LogP) is 1.61. The molecule has 0 aromatic heterocycles. The fourth-order valence-corrected chi connectivity index (χ4v) is 2.69. The van der Waals surface area contributed by atoms with Crippen LogP contribution in [0.5, 0.6) is 0 Å². The first kappa shape index (κ1) is 13.9. The molecule has 1 aromatic carbocycles. The second-order valence-corrected chi connectivity index (χ2v) is 5.45. The summed E-state index contributed by atoms with van der Waals surface area (Å²) in [7, 11) is 3.94. The van der Waals surface area contributed by atoms with Crippen molar-refractivity contribution in [2.24, 2.45) is 11.7 Å². The molecule has 3 N–H and O–H groups in total. The first-order chi connectivity index (χ1) is 9.11. The molecule has 1 amide bonds. The third-order valence-electron chi connectivity index (χ3n) is 3.90. The van der Waals surface area contributed by atoms with E-state index in [0.717, 1.165) is 24.9 Å². The SMILES string of the molecule is CN(C)c1cccc(C(=O)NC2CCCC2CN)c1. The molecule has 1 aromatic rings. The summed E-state index contributed by atoms with van der Waals surface area (Å²) >= 11 is 0. The molecule has 2 unspecified atom stereocenters. The molecular weight excluding hydrogens is 238 g/mol. The van der Waals surface area contributed by atoms with Crippen molar-refractivity contribution in [3.8, 4) is 0 Å². The quantitative estimate of drug-likeness (QED) is 0.865. The van der Waals surface area contributed by atoms with E-state index in [9.17, 15) is 4.79 Å². The Morgan fingerprint density at radius 2 is 2.21 bits per heavy atom. The molecule has 0 spiro atoms. The molecule has 19 heavy (non-hydrogen) atoms. The summed E-state index contributed by atoms with van der Waals surface area (Å²) in [5.41, 5.74) is 7.50. The van der Waals surface area contributed by atoms with E-state index in [1.54, 1.807) is 0 Å². The van der Waals surface area contributed by atoms with Gasteiger partial charge in [-0.05, 0) is 43.5 Å². The van der Waals surface area contributed by atoms with Crippen molar-refractivity contribution in [2.45, 2.75) is 25.3 Å². The zero-order valence-electron chi connectivity index (χ0n) is 11.7. The smallest absolute Gasteiger partial charge is 0.251 e. The maximum absolute atomic E-state index is 12.3. The van der Waals surface area contributed by atoms with E-state index >= 15 is 0 Å². The number of rotatable bonds is 4. The van der Waals surface area contributed by atoms with Gasteiger partial charge < -0.3 is 16.0 Å². The highest BCUT2D eigenvalue weighted by atomic mass is 16.1. The van der Waals surface area contributed by atoms with Crippen molar-refractivity contribution in [1.82, 2.24) is 5.32 Å². The average molecular weight is 261 g/mol. The average Bonchev–Trinajstić information content (AvgIpc) is 2.86. The van der Waals surface area contributed by atoms with E-state index in [1.165, 1.54) is 0 Å². The molecule has 0 bridgehead atoms. The Balaban J connectivity index is 2.05. The summed E-state index contributed by atoms with van der Waals surface area (Å²) in [5, 5.41) is 3.12. The summed E-state index contributed by atoms with van der Waals surface area (Å²) in [6.45, 7) is 0.655. The fraction of sp³-hybridized carbons (Fsp3) is 0.533. The summed E-state index contributed by atoms with van der Waals surface area (Å²) in [5.74, 6) is 0.440. The summed E-state index contributed by atoms with van der Waals surface area (Å²) in [6, 6.07) is 7.92. The van der Waals surface area contributed by atoms with Crippen LogP contribution in [0.15, 0.2) is 24.3 Å². The minimum atomic E-state index is 0.00838. The summed E-state index contributed by atoms with van der Waals surface area (Å²) in [6.07, 6.45) is 3.32. The molecule has 2 atom stereocenters. The number of hydrogen-bond acceptors (Lipinski definition) is 3. The van der Waals surface area contributed by atoms with Gasteiger partial charge in [0.05, 0.1) is 0 Å². The van der Waals surface area contributed by atoms with Crippen LogP contribution in [-0.2, 0) is 0 Å². The fourth-order valence-electron chi connectivity index (χ4n) is 2.69. The second-order valence-electron chi connectivity index (χ2n) is 5.45. The van der Waals surface area contributed by atoms with Crippen LogP contribution < -0.4 is 16.0 Å². The van der Waals surface area contributed by atoms with Gasteiger partial charge in [-0.25, -0.2) is 0 Å². The number of hydrogen-bond donors (Lipinski definition) is 2. The molecule has 0 heterocycles. The number of nitrogens with zero attached hydrogens (tertiary/aromatic N) is 1. The van der Waals surface area contributed by atoms with Gasteiger partial charge in [0.25, 0.3) is 5.91 Å². The number of nitrogens with two attached hydrogens (primary N) is 1. The van der Waals surface area contributed by atoms with Crippen LogP contribution >= 0.6 is 0 Å². The third-order valence-corrected chi connectivity index (χ3v) is 3.90. The van der Waals surface area contributed by atoms with Crippen molar-refractivity contribution in [3.63, 3.8) is 0 Å². The molecular formula is C15H23N3O. The van der Waals surface area contributed by atoms with Gasteiger partial charge in [-0.3, -0.25) is 4.79 Å². The Hall–Kier alpha value is -1.55. The molecule has 1 aliphatic rings. The number of nitrogens with one attached hydrogen (secondary N) is 1. The van der Waals surface area contributed by atoms with E-state index < -0.39 is 0 Å². The van der Waals surface area contributed by atoms with Gasteiger partial charge in [-0.2, -0.15) is 0 Å². The largest absolute Gasteiger partial charge is 0.378 e. The van der Waals surface area contributed by atoms with Crippen LogP contribution in [0.3, 0.4) is 0 Å². The van der Waals surface area contributed by atoms with Crippen LogP contribution in [-0.4, -0.2) is 32.6 Å². The second kappa shape index (κ2) is 6.06. The van der Waals surface area contributed by atoms with Crippen LogP contribution in [0.1, 0.15) is 29.6 Å². The minimum absolute atomic E-state index is 0.00838. The lowest BCUT2D eigenvalue weighted by Gasteiger charge is -2.20. The maximum Gasteiger partial charge on any atom is 0.251 e. The number of amides is 1. The van der Waals surface area contributed by atoms with E-state index in [4.69, 9.17) is 5.73 Å². The highest BCUT2D eigenvalue weighted by Crippen LogP contribution is 2.25. The van der Waals surface area contributed by atoms with E-state index in [-0.39, 0.29) is 11.9 Å². The highest BCUT2D eigenvalue weighted by molar-refractivity contribution is 5.95. The van der Waals surface area contributed by atoms with Crippen molar-refractivity contribution in [2.75, 3.05) is 25.5 Å². The first-order valence-corrected chi connectivity index (χ1v) is 6.90. The molecule has 1 aliphatic carbocycles. The van der Waals surface area contributed by atoms with Crippen molar-refractivity contribution >= 4 is 11.6 Å². The van der Waals surface area contributed by atoms with E-state index in [1.807, 2.05) is 43.3 Å². The summed E-state index contributed by atoms with van der Waals surface area (Å²) < 4.78 is 0. The Morgan fingerprint density at radius 1 is 1.42 bits per heavy atom. The minimum Gasteiger partial charge on any atom is -0.378 e. The molecule has 1 saturated carbocycles. The molecule has 0 radical (unpaired) electrons. The van der Waals surface area contributed by atoms with Crippen LogP contribution in [0.25, 0.3) is 0 Å². The number of carbonyl (C=O) groups excluding carboxylic acids is 1. The number of benzene rings is 1. The Morgan fingerprint density at radius 3 is 2.89 bits per heavy atom. The van der Waals surface area contributed by atoms with Gasteiger partial charge in [0.15, 0.2) is 0 Å². The standard InChI is InChI=1S/C15H23N3O/c1-18(2)13-7-3-5-11(9-13)15(19)17-14-8-4-6-12(14)10-16/h3,5,7,9,12,14H,4,6,8,10,16H2,1-2H3,(H,17,19). The Bertz CT molecular complexity index is 445. The van der Waals surface area contributed by atoms with Gasteiger partial charge in [-0.1, -0.05) is 12.5 Å². The van der Waals surface area contributed by atoms with Crippen molar-refractivity contribution < 1.29 is 4.79 Å². The van der Waals surface area contributed by atoms with Crippen LogP contribution in [0.2, 0.25) is 0 Å². The van der Waals surface area contributed by atoms with Crippen molar-refractivity contribution in [1.29, 1.82) is 0 Å². The van der Waals surface area contributed by atoms with Crippen molar-refractivity contribution in [3.05, 3.63) is 29.8 Å². The van der Waals surface area contributed by atoms with Crippen LogP contribution in [0, 0.1) is 5.92 Å². The normalized spacial score (nSPS) is 22.3. The van der Waals surface area contributed by atoms with Gasteiger partial charge in [0.2, 0.25) is 0 Å². The van der Waals surface area contributed by atoms with Crippen LogP contribution in [0.4, 0.5) is 5.69 Å². The van der Waals surface area contributed by atoms with E-state index in [2.05, 4.69) is 5.32 Å². The topological polar surface area (TPSA) is 58.4 Å². The highest BCUT2D eigenvalue weighted by Gasteiger charge is 2.27. The molecule has 4 heteroatoms. The lowest BCUT2D eigenvalue weighted by atomic mass is 10.0. The lowest BCUT2D eigenvalue weighted by Crippen LogP contribution is -2.39. The number of carbonyl (C=O) groups is 1. The molecule has 0 aliphatic heterocycles. The van der Waals surface area contributed by atoms with Gasteiger partial charge in [-0.15, -0.1) is 0 Å². The number of anilines is 1. The zero-order valence-corrected chi connectivity index (χ0v) is 11.7.